The SMILES string of the molecule is C=CCn1c(C)csc1=Nc1ccccc1. The molecule has 0 amide bonds. The average molecular weight is 230 g/mol. The summed E-state index contributed by atoms with van der Waals surface area (Å²) in [6.07, 6.45) is 1.89. The second kappa shape index (κ2) is 4.94. The molecule has 0 saturated heterocycles. The number of thiazole rings is 1. The molecule has 16 heavy (non-hydrogen) atoms. The van der Waals surface area contributed by atoms with Crippen LogP contribution in [0.5, 0.6) is 0 Å². The van der Waals surface area contributed by atoms with E-state index in [4.69, 9.17) is 0 Å². The summed E-state index contributed by atoms with van der Waals surface area (Å²) in [6.45, 7) is 6.66. The van der Waals surface area contributed by atoms with Crippen LogP contribution in [0.3, 0.4) is 0 Å². The number of hydrogen-bond donors (Lipinski definition) is 0. The van der Waals surface area contributed by atoms with Crippen molar-refractivity contribution in [3.63, 3.8) is 0 Å². The van der Waals surface area contributed by atoms with Crippen LogP contribution in [0, 0.1) is 6.92 Å². The Morgan fingerprint density at radius 3 is 2.81 bits per heavy atom. The van der Waals surface area contributed by atoms with Crippen LogP contribution < -0.4 is 4.80 Å². The van der Waals surface area contributed by atoms with E-state index in [0.717, 1.165) is 17.0 Å². The number of benzene rings is 1. The summed E-state index contributed by atoms with van der Waals surface area (Å²) in [4.78, 5) is 5.63. The van der Waals surface area contributed by atoms with Gasteiger partial charge in [0.2, 0.25) is 0 Å². The molecule has 0 saturated carbocycles. The van der Waals surface area contributed by atoms with Crippen molar-refractivity contribution in [1.29, 1.82) is 0 Å². The zero-order chi connectivity index (χ0) is 11.4. The van der Waals surface area contributed by atoms with Gasteiger partial charge in [0, 0.05) is 17.6 Å². The lowest BCUT2D eigenvalue weighted by Crippen LogP contribution is -2.14. The molecule has 2 rings (SSSR count). The second-order valence-corrected chi connectivity index (χ2v) is 4.34. The Kier molecular flexibility index (Phi) is 3.37. The predicted octanol–water partition coefficient (Wildman–Crippen LogP) is 3.28. The smallest absolute Gasteiger partial charge is 0.190 e. The maximum atomic E-state index is 4.61. The minimum Gasteiger partial charge on any atom is -0.317 e. The summed E-state index contributed by atoms with van der Waals surface area (Å²) in [5, 5.41) is 2.12. The van der Waals surface area contributed by atoms with Gasteiger partial charge >= 0.3 is 0 Å². The number of aryl methyl sites for hydroxylation is 1. The highest BCUT2D eigenvalue weighted by molar-refractivity contribution is 7.07. The summed E-state index contributed by atoms with van der Waals surface area (Å²) >= 11 is 1.66. The van der Waals surface area contributed by atoms with Crippen molar-refractivity contribution in [2.24, 2.45) is 4.99 Å². The molecule has 2 aromatic rings. The summed E-state index contributed by atoms with van der Waals surface area (Å²) in [6, 6.07) is 10.0. The minimum absolute atomic E-state index is 0.807. The van der Waals surface area contributed by atoms with E-state index in [1.54, 1.807) is 11.3 Å². The lowest BCUT2D eigenvalue weighted by molar-refractivity contribution is 0.761. The zero-order valence-electron chi connectivity index (χ0n) is 9.26. The summed E-state index contributed by atoms with van der Waals surface area (Å²) in [7, 11) is 0. The molecule has 0 aliphatic heterocycles. The zero-order valence-corrected chi connectivity index (χ0v) is 10.1. The van der Waals surface area contributed by atoms with Crippen molar-refractivity contribution in [1.82, 2.24) is 4.57 Å². The fourth-order valence-electron chi connectivity index (χ4n) is 1.47. The van der Waals surface area contributed by atoms with Crippen LogP contribution in [0.1, 0.15) is 5.69 Å². The number of rotatable bonds is 3. The lowest BCUT2D eigenvalue weighted by atomic mass is 10.3. The lowest BCUT2D eigenvalue weighted by Gasteiger charge is -2.00. The van der Waals surface area contributed by atoms with E-state index in [0.29, 0.717) is 0 Å². The van der Waals surface area contributed by atoms with E-state index in [2.05, 4.69) is 28.4 Å². The Hall–Kier alpha value is -1.61. The largest absolute Gasteiger partial charge is 0.317 e. The van der Waals surface area contributed by atoms with Crippen LogP contribution in [0.15, 0.2) is 53.4 Å². The first-order chi connectivity index (χ1) is 7.81. The maximum absolute atomic E-state index is 4.61. The molecule has 0 atom stereocenters. The monoisotopic (exact) mass is 230 g/mol. The molecule has 0 unspecified atom stereocenters. The van der Waals surface area contributed by atoms with Crippen LogP contribution in [0.25, 0.3) is 0 Å². The van der Waals surface area contributed by atoms with Gasteiger partial charge in [0.05, 0.1) is 5.69 Å². The Balaban J connectivity index is 2.48. The summed E-state index contributed by atoms with van der Waals surface area (Å²) < 4.78 is 2.16. The van der Waals surface area contributed by atoms with E-state index in [-0.39, 0.29) is 0 Å². The summed E-state index contributed by atoms with van der Waals surface area (Å²) in [5.74, 6) is 0. The minimum atomic E-state index is 0.807. The molecule has 1 heterocycles. The Morgan fingerprint density at radius 1 is 1.38 bits per heavy atom. The van der Waals surface area contributed by atoms with Crippen LogP contribution in [0.2, 0.25) is 0 Å². The molecule has 0 N–H and O–H groups in total. The number of para-hydroxylation sites is 1. The van der Waals surface area contributed by atoms with Gasteiger partial charge in [0.1, 0.15) is 0 Å². The van der Waals surface area contributed by atoms with E-state index in [9.17, 15) is 0 Å². The molecule has 1 aromatic heterocycles. The third-order valence-electron chi connectivity index (χ3n) is 2.28. The number of aromatic nitrogens is 1. The summed E-state index contributed by atoms with van der Waals surface area (Å²) in [5.41, 5.74) is 2.21. The Bertz CT molecular complexity index is 535. The third kappa shape index (κ3) is 2.31. The van der Waals surface area contributed by atoms with Gasteiger partial charge in [-0.05, 0) is 19.1 Å². The predicted molar refractivity (Wildman–Crippen MR) is 68.9 cm³/mol. The topological polar surface area (TPSA) is 17.3 Å². The van der Waals surface area contributed by atoms with E-state index in [1.165, 1.54) is 5.69 Å². The van der Waals surface area contributed by atoms with Crippen molar-refractivity contribution in [2.75, 3.05) is 0 Å². The van der Waals surface area contributed by atoms with Crippen molar-refractivity contribution in [3.8, 4) is 0 Å². The quantitative estimate of drug-likeness (QED) is 0.720. The molecule has 1 aromatic carbocycles. The van der Waals surface area contributed by atoms with Gasteiger partial charge in [-0.15, -0.1) is 17.9 Å². The molecule has 0 spiro atoms. The molecule has 0 bridgehead atoms. The Morgan fingerprint density at radius 2 is 2.12 bits per heavy atom. The molecular formula is C13H14N2S. The van der Waals surface area contributed by atoms with Gasteiger partial charge in [0.25, 0.3) is 0 Å². The fraction of sp³-hybridized carbons (Fsp3) is 0.154. The van der Waals surface area contributed by atoms with Gasteiger partial charge in [0.15, 0.2) is 4.80 Å². The second-order valence-electron chi connectivity index (χ2n) is 3.51. The number of nitrogens with zero attached hydrogens (tertiary/aromatic N) is 2. The molecule has 0 fully saturated rings. The van der Waals surface area contributed by atoms with Gasteiger partial charge in [-0.2, -0.15) is 0 Å². The maximum Gasteiger partial charge on any atom is 0.190 e. The van der Waals surface area contributed by atoms with Crippen LogP contribution in [0.4, 0.5) is 5.69 Å². The van der Waals surface area contributed by atoms with Crippen molar-refractivity contribution >= 4 is 17.0 Å². The number of hydrogen-bond acceptors (Lipinski definition) is 2. The first-order valence-corrected chi connectivity index (χ1v) is 6.05. The van der Waals surface area contributed by atoms with Crippen molar-refractivity contribution < 1.29 is 0 Å². The van der Waals surface area contributed by atoms with Gasteiger partial charge < -0.3 is 4.57 Å². The van der Waals surface area contributed by atoms with Crippen LogP contribution in [-0.2, 0) is 6.54 Å². The van der Waals surface area contributed by atoms with Gasteiger partial charge in [-0.3, -0.25) is 0 Å². The van der Waals surface area contributed by atoms with Crippen LogP contribution >= 0.6 is 11.3 Å². The van der Waals surface area contributed by atoms with Crippen molar-refractivity contribution in [3.05, 3.63) is 58.9 Å². The first-order valence-electron chi connectivity index (χ1n) is 5.17. The van der Waals surface area contributed by atoms with Crippen LogP contribution in [-0.4, -0.2) is 4.57 Å². The third-order valence-corrected chi connectivity index (χ3v) is 3.27. The van der Waals surface area contributed by atoms with E-state index < -0.39 is 0 Å². The average Bonchev–Trinajstić information content (AvgIpc) is 2.64. The standard InChI is InChI=1S/C13H14N2S/c1-3-9-15-11(2)10-16-13(15)14-12-7-5-4-6-8-12/h3-8,10H,1,9H2,2H3. The highest BCUT2D eigenvalue weighted by Gasteiger charge is 1.98. The van der Waals surface area contributed by atoms with Crippen molar-refractivity contribution in [2.45, 2.75) is 13.5 Å². The van der Waals surface area contributed by atoms with E-state index in [1.807, 2.05) is 36.4 Å². The molecule has 0 aliphatic carbocycles. The van der Waals surface area contributed by atoms with Gasteiger partial charge in [-0.25, -0.2) is 4.99 Å². The fourth-order valence-corrected chi connectivity index (χ4v) is 2.37. The Labute approximate surface area is 99.2 Å². The molecular weight excluding hydrogens is 216 g/mol. The highest BCUT2D eigenvalue weighted by atomic mass is 32.1. The molecule has 82 valence electrons. The first kappa shape index (κ1) is 10.9. The molecule has 0 aliphatic rings. The van der Waals surface area contributed by atoms with E-state index >= 15 is 0 Å². The number of allylic oxidation sites excluding steroid dienone is 1. The normalized spacial score (nSPS) is 11.7. The van der Waals surface area contributed by atoms with Gasteiger partial charge in [-0.1, -0.05) is 24.3 Å². The molecule has 0 radical (unpaired) electrons. The molecule has 3 heteroatoms. The molecule has 2 nitrogen and oxygen atoms in total. The highest BCUT2D eigenvalue weighted by Crippen LogP contribution is 2.09.